The van der Waals surface area contributed by atoms with Crippen LogP contribution in [-0.2, 0) is 5.41 Å². The maximum absolute atomic E-state index is 11.6. The molecule has 1 aliphatic heterocycles. The molecular formula is C13H16O3. The number of carbonyl (C=O) groups is 1. The Balaban J connectivity index is 2.65. The Labute approximate surface area is 95.4 Å². The first kappa shape index (κ1) is 11.0. The Morgan fingerprint density at radius 1 is 1.31 bits per heavy atom. The molecule has 0 fully saturated rings. The first-order chi connectivity index (χ1) is 7.43. The van der Waals surface area contributed by atoms with E-state index in [9.17, 15) is 4.79 Å². The van der Waals surface area contributed by atoms with Gasteiger partial charge < -0.3 is 9.47 Å². The third-order valence-corrected chi connectivity index (χ3v) is 2.75. The number of methoxy groups -OCH3 is 1. The van der Waals surface area contributed by atoms with Crippen LogP contribution in [0.4, 0.5) is 0 Å². The zero-order valence-electron chi connectivity index (χ0n) is 10.1. The molecule has 86 valence electrons. The van der Waals surface area contributed by atoms with Crippen LogP contribution in [0.25, 0.3) is 0 Å². The molecule has 1 aromatic rings. The minimum atomic E-state index is -0.0662. The number of carbonyl (C=O) groups excluding carboxylic acids is 1. The highest BCUT2D eigenvalue weighted by atomic mass is 16.5. The Morgan fingerprint density at radius 3 is 2.56 bits per heavy atom. The van der Waals surface area contributed by atoms with E-state index in [4.69, 9.17) is 9.47 Å². The van der Waals surface area contributed by atoms with E-state index >= 15 is 0 Å². The molecule has 0 saturated heterocycles. The van der Waals surface area contributed by atoms with Crippen LogP contribution < -0.4 is 9.47 Å². The predicted molar refractivity (Wildman–Crippen MR) is 61.5 cm³/mol. The number of ketones is 1. The Kier molecular flexibility index (Phi) is 2.41. The molecular weight excluding hydrogens is 204 g/mol. The summed E-state index contributed by atoms with van der Waals surface area (Å²) >= 11 is 0. The van der Waals surface area contributed by atoms with Crippen molar-refractivity contribution in [2.45, 2.75) is 26.2 Å². The molecule has 2 rings (SSSR count). The minimum absolute atomic E-state index is 0.0272. The second-order valence-corrected chi connectivity index (χ2v) is 5.01. The molecule has 1 aliphatic rings. The van der Waals surface area contributed by atoms with Crippen LogP contribution in [0.3, 0.4) is 0 Å². The number of benzene rings is 1. The Hall–Kier alpha value is -1.51. The van der Waals surface area contributed by atoms with E-state index in [1.54, 1.807) is 13.2 Å². The van der Waals surface area contributed by atoms with Gasteiger partial charge in [0.25, 0.3) is 0 Å². The van der Waals surface area contributed by atoms with E-state index in [1.807, 2.05) is 6.07 Å². The first-order valence-electron chi connectivity index (χ1n) is 5.32. The molecule has 3 heteroatoms. The Bertz CT molecular complexity index is 441. The molecule has 3 nitrogen and oxygen atoms in total. The number of fused-ring (bicyclic) bond motifs is 1. The minimum Gasteiger partial charge on any atom is -0.497 e. The van der Waals surface area contributed by atoms with Crippen molar-refractivity contribution in [2.24, 2.45) is 0 Å². The van der Waals surface area contributed by atoms with E-state index in [0.29, 0.717) is 11.3 Å². The van der Waals surface area contributed by atoms with E-state index in [1.165, 1.54) is 0 Å². The third-order valence-electron chi connectivity index (χ3n) is 2.75. The summed E-state index contributed by atoms with van der Waals surface area (Å²) in [4.78, 5) is 11.6. The van der Waals surface area contributed by atoms with Crippen LogP contribution in [0, 0.1) is 0 Å². The van der Waals surface area contributed by atoms with Crippen molar-refractivity contribution in [1.82, 2.24) is 0 Å². The topological polar surface area (TPSA) is 35.5 Å². The molecule has 16 heavy (non-hydrogen) atoms. The maximum Gasteiger partial charge on any atom is 0.204 e. The highest BCUT2D eigenvalue weighted by Gasteiger charge is 2.30. The second kappa shape index (κ2) is 3.51. The van der Waals surface area contributed by atoms with Gasteiger partial charge in [0.1, 0.15) is 11.5 Å². The molecule has 0 bridgehead atoms. The van der Waals surface area contributed by atoms with Crippen molar-refractivity contribution in [1.29, 1.82) is 0 Å². The van der Waals surface area contributed by atoms with E-state index < -0.39 is 0 Å². The van der Waals surface area contributed by atoms with Gasteiger partial charge >= 0.3 is 0 Å². The lowest BCUT2D eigenvalue weighted by Crippen LogP contribution is -2.12. The van der Waals surface area contributed by atoms with Gasteiger partial charge in [-0.05, 0) is 17.5 Å². The van der Waals surface area contributed by atoms with Crippen LogP contribution in [0.15, 0.2) is 12.1 Å². The second-order valence-electron chi connectivity index (χ2n) is 5.01. The van der Waals surface area contributed by atoms with Gasteiger partial charge in [0.15, 0.2) is 6.61 Å². The van der Waals surface area contributed by atoms with Crippen molar-refractivity contribution in [3.63, 3.8) is 0 Å². The van der Waals surface area contributed by atoms with Crippen molar-refractivity contribution < 1.29 is 14.3 Å². The van der Waals surface area contributed by atoms with Gasteiger partial charge in [-0.1, -0.05) is 20.8 Å². The van der Waals surface area contributed by atoms with Gasteiger partial charge in [-0.2, -0.15) is 0 Å². The van der Waals surface area contributed by atoms with Crippen molar-refractivity contribution in [3.05, 3.63) is 23.3 Å². The molecule has 0 unspecified atom stereocenters. The summed E-state index contributed by atoms with van der Waals surface area (Å²) in [6.45, 7) is 6.42. The summed E-state index contributed by atoms with van der Waals surface area (Å²) in [6, 6.07) is 3.69. The maximum atomic E-state index is 11.6. The largest absolute Gasteiger partial charge is 0.497 e. The molecule has 0 saturated carbocycles. The highest BCUT2D eigenvalue weighted by molar-refractivity contribution is 6.03. The summed E-state index contributed by atoms with van der Waals surface area (Å²) in [5, 5.41) is 0. The quantitative estimate of drug-likeness (QED) is 0.729. The molecule has 0 N–H and O–H groups in total. The number of hydrogen-bond acceptors (Lipinski definition) is 3. The number of hydrogen-bond donors (Lipinski definition) is 0. The molecule has 0 aliphatic carbocycles. The lowest BCUT2D eigenvalue weighted by atomic mass is 9.85. The van der Waals surface area contributed by atoms with Crippen LogP contribution in [0.1, 0.15) is 36.7 Å². The first-order valence-corrected chi connectivity index (χ1v) is 5.32. The molecule has 0 atom stereocenters. The van der Waals surface area contributed by atoms with Crippen molar-refractivity contribution in [3.8, 4) is 11.5 Å². The number of rotatable bonds is 1. The van der Waals surface area contributed by atoms with Crippen LogP contribution in [0.5, 0.6) is 11.5 Å². The highest BCUT2D eigenvalue weighted by Crippen LogP contribution is 2.40. The standard InChI is InChI=1S/C13H16O3/c1-13(2,3)10-6-8(15-4)5-9-11(14)7-16-12(9)10/h5-6H,7H2,1-4H3. The van der Waals surface area contributed by atoms with E-state index in [-0.39, 0.29) is 17.8 Å². The fraction of sp³-hybridized carbons (Fsp3) is 0.462. The van der Waals surface area contributed by atoms with Crippen molar-refractivity contribution >= 4 is 5.78 Å². The fourth-order valence-electron chi connectivity index (χ4n) is 1.86. The summed E-state index contributed by atoms with van der Waals surface area (Å²) in [5.41, 5.74) is 1.60. The van der Waals surface area contributed by atoms with Crippen LogP contribution in [-0.4, -0.2) is 19.5 Å². The van der Waals surface area contributed by atoms with Crippen LogP contribution in [0.2, 0.25) is 0 Å². The monoisotopic (exact) mass is 220 g/mol. The zero-order chi connectivity index (χ0) is 11.9. The van der Waals surface area contributed by atoms with Gasteiger partial charge in [0, 0.05) is 5.56 Å². The fourth-order valence-corrected chi connectivity index (χ4v) is 1.86. The smallest absolute Gasteiger partial charge is 0.204 e. The average molecular weight is 220 g/mol. The van der Waals surface area contributed by atoms with Gasteiger partial charge in [-0.15, -0.1) is 0 Å². The number of ether oxygens (including phenoxy) is 2. The van der Waals surface area contributed by atoms with Gasteiger partial charge in [-0.3, -0.25) is 4.79 Å². The van der Waals surface area contributed by atoms with E-state index in [2.05, 4.69) is 20.8 Å². The zero-order valence-corrected chi connectivity index (χ0v) is 10.1. The van der Waals surface area contributed by atoms with Gasteiger partial charge in [0.05, 0.1) is 12.7 Å². The van der Waals surface area contributed by atoms with Crippen LogP contribution >= 0.6 is 0 Å². The summed E-state index contributed by atoms with van der Waals surface area (Å²) < 4.78 is 10.7. The third kappa shape index (κ3) is 1.66. The lowest BCUT2D eigenvalue weighted by molar-refractivity contribution is 0.0960. The van der Waals surface area contributed by atoms with Crippen molar-refractivity contribution in [2.75, 3.05) is 13.7 Å². The predicted octanol–water partition coefficient (Wildman–Crippen LogP) is 2.57. The summed E-state index contributed by atoms with van der Waals surface area (Å²) in [6.07, 6.45) is 0. The molecule has 1 heterocycles. The van der Waals surface area contributed by atoms with Gasteiger partial charge in [-0.25, -0.2) is 0 Å². The normalized spacial score (nSPS) is 14.6. The SMILES string of the molecule is COc1cc2c(c(C(C)(C)C)c1)OCC2=O. The molecule has 0 amide bonds. The number of Topliss-reactive ketones (excluding diaryl/α,β-unsaturated/α-hetero) is 1. The molecule has 0 spiro atoms. The van der Waals surface area contributed by atoms with Gasteiger partial charge in [0.2, 0.25) is 5.78 Å². The molecule has 1 aromatic carbocycles. The average Bonchev–Trinajstić information content (AvgIpc) is 2.58. The lowest BCUT2D eigenvalue weighted by Gasteiger charge is -2.22. The van der Waals surface area contributed by atoms with E-state index in [0.717, 1.165) is 11.3 Å². The summed E-state index contributed by atoms with van der Waals surface area (Å²) in [5.74, 6) is 1.46. The molecule has 0 radical (unpaired) electrons. The molecule has 0 aromatic heterocycles. The Morgan fingerprint density at radius 2 is 2.00 bits per heavy atom. The summed E-state index contributed by atoms with van der Waals surface area (Å²) in [7, 11) is 1.61.